The second kappa shape index (κ2) is 5.57. The van der Waals surface area contributed by atoms with Crippen molar-refractivity contribution in [3.8, 4) is 5.75 Å². The van der Waals surface area contributed by atoms with Crippen molar-refractivity contribution >= 4 is 21.7 Å². The minimum absolute atomic E-state index is 0.296. The standard InChI is InChI=1S/C10H10F3NO5S/c1-20(17,18)14-7-4-6(9(15)16)2-3-8(7)19-5-10(11,12)13/h2-4,14H,5H2,1H3,(H,15,16). The van der Waals surface area contributed by atoms with E-state index in [1.165, 1.54) is 0 Å². The molecule has 2 N–H and O–H groups in total. The molecule has 0 aromatic heterocycles. The summed E-state index contributed by atoms with van der Waals surface area (Å²) in [6.45, 7) is -1.63. The summed E-state index contributed by atoms with van der Waals surface area (Å²) in [7, 11) is -3.80. The summed E-state index contributed by atoms with van der Waals surface area (Å²) in [4.78, 5) is 10.7. The van der Waals surface area contributed by atoms with Gasteiger partial charge in [0.15, 0.2) is 6.61 Å². The summed E-state index contributed by atoms with van der Waals surface area (Å²) in [5.74, 6) is -1.78. The van der Waals surface area contributed by atoms with Crippen molar-refractivity contribution in [3.63, 3.8) is 0 Å². The molecule has 0 saturated carbocycles. The summed E-state index contributed by atoms with van der Waals surface area (Å²) < 4.78 is 64.7. The highest BCUT2D eigenvalue weighted by Crippen LogP contribution is 2.28. The Balaban J connectivity index is 3.12. The van der Waals surface area contributed by atoms with Crippen molar-refractivity contribution < 1.29 is 36.2 Å². The molecule has 0 aliphatic carbocycles. The van der Waals surface area contributed by atoms with Gasteiger partial charge in [0.25, 0.3) is 0 Å². The Hall–Kier alpha value is -1.97. The lowest BCUT2D eigenvalue weighted by Crippen LogP contribution is -2.20. The molecule has 0 fully saturated rings. The van der Waals surface area contributed by atoms with Crippen LogP contribution in [0.15, 0.2) is 18.2 Å². The van der Waals surface area contributed by atoms with E-state index in [9.17, 15) is 26.4 Å². The predicted molar refractivity (Wildman–Crippen MR) is 63.4 cm³/mol. The number of benzene rings is 1. The second-order valence-corrected chi connectivity index (χ2v) is 5.54. The number of anilines is 1. The van der Waals surface area contributed by atoms with E-state index in [-0.39, 0.29) is 11.3 Å². The Morgan fingerprint density at radius 2 is 2.00 bits per heavy atom. The number of halogens is 3. The summed E-state index contributed by atoms with van der Waals surface area (Å²) >= 11 is 0. The number of hydrogen-bond donors (Lipinski definition) is 2. The predicted octanol–water partition coefficient (Wildman–Crippen LogP) is 1.70. The minimum atomic E-state index is -4.60. The summed E-state index contributed by atoms with van der Waals surface area (Å²) in [5, 5.41) is 8.76. The van der Waals surface area contributed by atoms with Gasteiger partial charge in [-0.05, 0) is 18.2 Å². The first-order valence-electron chi connectivity index (χ1n) is 5.02. The van der Waals surface area contributed by atoms with E-state index in [1.807, 2.05) is 4.72 Å². The van der Waals surface area contributed by atoms with Crippen molar-refractivity contribution in [2.75, 3.05) is 17.6 Å². The van der Waals surface area contributed by atoms with Crippen LogP contribution in [0, 0.1) is 0 Å². The Morgan fingerprint density at radius 3 is 2.45 bits per heavy atom. The van der Waals surface area contributed by atoms with Gasteiger partial charge in [-0.25, -0.2) is 13.2 Å². The normalized spacial score (nSPS) is 12.0. The van der Waals surface area contributed by atoms with Crippen LogP contribution in [0.25, 0.3) is 0 Å². The maximum Gasteiger partial charge on any atom is 0.422 e. The largest absolute Gasteiger partial charge is 0.482 e. The number of nitrogens with one attached hydrogen (secondary N) is 1. The monoisotopic (exact) mass is 313 g/mol. The van der Waals surface area contributed by atoms with Gasteiger partial charge < -0.3 is 9.84 Å². The third-order valence-electron chi connectivity index (χ3n) is 1.91. The second-order valence-electron chi connectivity index (χ2n) is 3.79. The first-order valence-corrected chi connectivity index (χ1v) is 6.92. The fourth-order valence-corrected chi connectivity index (χ4v) is 1.79. The molecule has 0 radical (unpaired) electrons. The van der Waals surface area contributed by atoms with Crippen molar-refractivity contribution in [1.82, 2.24) is 0 Å². The molecule has 112 valence electrons. The van der Waals surface area contributed by atoms with Crippen molar-refractivity contribution in [2.24, 2.45) is 0 Å². The van der Waals surface area contributed by atoms with Crippen LogP contribution in [-0.4, -0.2) is 38.5 Å². The fourth-order valence-electron chi connectivity index (χ4n) is 1.23. The SMILES string of the molecule is CS(=O)(=O)Nc1cc(C(=O)O)ccc1OCC(F)(F)F. The average Bonchev–Trinajstić information content (AvgIpc) is 2.23. The van der Waals surface area contributed by atoms with Gasteiger partial charge in [-0.3, -0.25) is 4.72 Å². The molecule has 10 heteroatoms. The van der Waals surface area contributed by atoms with E-state index >= 15 is 0 Å². The Bertz CT molecular complexity index is 612. The van der Waals surface area contributed by atoms with E-state index in [1.54, 1.807) is 0 Å². The molecular weight excluding hydrogens is 303 g/mol. The molecule has 0 atom stereocenters. The van der Waals surface area contributed by atoms with Gasteiger partial charge in [-0.2, -0.15) is 13.2 Å². The number of sulfonamides is 1. The Morgan fingerprint density at radius 1 is 1.40 bits per heavy atom. The molecule has 1 aromatic rings. The van der Waals surface area contributed by atoms with Gasteiger partial charge in [0.1, 0.15) is 5.75 Å². The maximum atomic E-state index is 12.1. The summed E-state index contributed by atoms with van der Waals surface area (Å²) in [5.41, 5.74) is -0.674. The molecular formula is C10H10F3NO5S. The van der Waals surface area contributed by atoms with Crippen molar-refractivity contribution in [1.29, 1.82) is 0 Å². The molecule has 0 unspecified atom stereocenters. The van der Waals surface area contributed by atoms with Gasteiger partial charge in [-0.15, -0.1) is 0 Å². The Labute approximate surface area is 112 Å². The number of alkyl halides is 3. The zero-order chi connectivity index (χ0) is 15.6. The number of carboxylic acid groups (broad SMARTS) is 1. The third-order valence-corrected chi connectivity index (χ3v) is 2.50. The number of aromatic carboxylic acids is 1. The van der Waals surface area contributed by atoms with Gasteiger partial charge in [-0.1, -0.05) is 0 Å². The van der Waals surface area contributed by atoms with Crippen LogP contribution in [-0.2, 0) is 10.0 Å². The molecule has 20 heavy (non-hydrogen) atoms. The van der Waals surface area contributed by atoms with Crippen LogP contribution in [0.1, 0.15) is 10.4 Å². The van der Waals surface area contributed by atoms with Crippen molar-refractivity contribution in [2.45, 2.75) is 6.18 Å². The molecule has 6 nitrogen and oxygen atoms in total. The van der Waals surface area contributed by atoms with E-state index in [0.717, 1.165) is 24.5 Å². The molecule has 1 rings (SSSR count). The topological polar surface area (TPSA) is 92.7 Å². The molecule has 0 bridgehead atoms. The van der Waals surface area contributed by atoms with E-state index in [2.05, 4.69) is 4.74 Å². The van der Waals surface area contributed by atoms with Gasteiger partial charge >= 0.3 is 12.1 Å². The molecule has 0 saturated heterocycles. The minimum Gasteiger partial charge on any atom is -0.482 e. The average molecular weight is 313 g/mol. The molecule has 0 heterocycles. The molecule has 0 spiro atoms. The lowest BCUT2D eigenvalue weighted by atomic mass is 10.2. The summed E-state index contributed by atoms with van der Waals surface area (Å²) in [6.07, 6.45) is -3.83. The van der Waals surface area contributed by atoms with Crippen LogP contribution in [0.2, 0.25) is 0 Å². The van der Waals surface area contributed by atoms with Crippen LogP contribution < -0.4 is 9.46 Å². The van der Waals surface area contributed by atoms with E-state index < -0.39 is 34.5 Å². The highest BCUT2D eigenvalue weighted by molar-refractivity contribution is 7.92. The maximum absolute atomic E-state index is 12.1. The van der Waals surface area contributed by atoms with Crippen LogP contribution in [0.4, 0.5) is 18.9 Å². The number of carboxylic acids is 1. The highest BCUT2D eigenvalue weighted by Gasteiger charge is 2.29. The summed E-state index contributed by atoms with van der Waals surface area (Å²) in [6, 6.07) is 2.82. The van der Waals surface area contributed by atoms with E-state index in [0.29, 0.717) is 0 Å². The van der Waals surface area contributed by atoms with Gasteiger partial charge in [0.05, 0.1) is 17.5 Å². The van der Waals surface area contributed by atoms with E-state index in [4.69, 9.17) is 5.11 Å². The molecule has 0 aliphatic heterocycles. The third kappa shape index (κ3) is 5.34. The molecule has 1 aromatic carbocycles. The smallest absolute Gasteiger partial charge is 0.422 e. The zero-order valence-electron chi connectivity index (χ0n) is 10.1. The Kier molecular flexibility index (Phi) is 4.48. The number of ether oxygens (including phenoxy) is 1. The number of rotatable bonds is 5. The van der Waals surface area contributed by atoms with Gasteiger partial charge in [0.2, 0.25) is 10.0 Å². The fraction of sp³-hybridized carbons (Fsp3) is 0.300. The molecule has 0 amide bonds. The first-order chi connectivity index (χ1) is 8.98. The van der Waals surface area contributed by atoms with Crippen molar-refractivity contribution in [3.05, 3.63) is 23.8 Å². The molecule has 0 aliphatic rings. The lowest BCUT2D eigenvalue weighted by Gasteiger charge is -2.14. The number of carbonyl (C=O) groups is 1. The highest BCUT2D eigenvalue weighted by atomic mass is 32.2. The van der Waals surface area contributed by atoms with Crippen LogP contribution in [0.3, 0.4) is 0 Å². The van der Waals surface area contributed by atoms with Crippen LogP contribution in [0.5, 0.6) is 5.75 Å². The lowest BCUT2D eigenvalue weighted by molar-refractivity contribution is -0.153. The van der Waals surface area contributed by atoms with Gasteiger partial charge in [0, 0.05) is 0 Å². The zero-order valence-corrected chi connectivity index (χ0v) is 10.9. The quantitative estimate of drug-likeness (QED) is 0.863. The number of hydrogen-bond acceptors (Lipinski definition) is 4. The van der Waals surface area contributed by atoms with Crippen LogP contribution >= 0.6 is 0 Å². The first kappa shape index (κ1) is 16.1.